The lowest BCUT2D eigenvalue weighted by atomic mass is 9.81. The third kappa shape index (κ3) is 1.91. The van der Waals surface area contributed by atoms with Gasteiger partial charge < -0.3 is 10.2 Å². The number of sulfone groups is 1. The minimum absolute atomic E-state index is 0.445. The summed E-state index contributed by atoms with van der Waals surface area (Å²) >= 11 is 0. The first-order valence-corrected chi connectivity index (χ1v) is 6.80. The molecule has 0 heterocycles. The van der Waals surface area contributed by atoms with E-state index in [9.17, 15) is 27.1 Å². The van der Waals surface area contributed by atoms with E-state index in [4.69, 9.17) is 5.11 Å². The average molecular weight is 292 g/mol. The van der Waals surface area contributed by atoms with Gasteiger partial charge in [0.2, 0.25) is 0 Å². The molecule has 2 rings (SSSR count). The molecule has 1 aliphatic rings. The SMILES string of the molecule is O=C(O)C1(S(=O)(=O)c2ccc(F)c(F)c2)CC(O)C1. The highest BCUT2D eigenvalue weighted by molar-refractivity contribution is 7.93. The van der Waals surface area contributed by atoms with Crippen LogP contribution in [0.4, 0.5) is 8.78 Å². The lowest BCUT2D eigenvalue weighted by Gasteiger charge is -2.40. The smallest absolute Gasteiger partial charge is 0.325 e. The molecule has 1 fully saturated rings. The van der Waals surface area contributed by atoms with Crippen LogP contribution in [0.15, 0.2) is 23.1 Å². The van der Waals surface area contributed by atoms with E-state index in [0.717, 1.165) is 6.07 Å². The largest absolute Gasteiger partial charge is 0.480 e. The lowest BCUT2D eigenvalue weighted by Crippen LogP contribution is -2.58. The average Bonchev–Trinajstić information content (AvgIpc) is 2.27. The third-order valence-corrected chi connectivity index (χ3v) is 5.65. The van der Waals surface area contributed by atoms with Gasteiger partial charge in [0.1, 0.15) is 0 Å². The molecule has 2 N–H and O–H groups in total. The molecule has 0 unspecified atom stereocenters. The van der Waals surface area contributed by atoms with Gasteiger partial charge in [0.25, 0.3) is 0 Å². The van der Waals surface area contributed by atoms with Crippen LogP contribution in [-0.4, -0.2) is 35.5 Å². The second-order valence-corrected chi connectivity index (χ2v) is 6.70. The molecule has 5 nitrogen and oxygen atoms in total. The number of carboxylic acid groups (broad SMARTS) is 1. The van der Waals surface area contributed by atoms with E-state index >= 15 is 0 Å². The molecule has 0 aliphatic heterocycles. The summed E-state index contributed by atoms with van der Waals surface area (Å²) in [5.74, 6) is -4.21. The Hall–Kier alpha value is -1.54. The van der Waals surface area contributed by atoms with Gasteiger partial charge in [-0.2, -0.15) is 0 Å². The maximum Gasteiger partial charge on any atom is 0.325 e. The van der Waals surface area contributed by atoms with Crippen molar-refractivity contribution in [3.63, 3.8) is 0 Å². The van der Waals surface area contributed by atoms with Crippen molar-refractivity contribution in [3.8, 4) is 0 Å². The number of carboxylic acids is 1. The van der Waals surface area contributed by atoms with Crippen LogP contribution in [0.5, 0.6) is 0 Å². The number of carbonyl (C=O) groups is 1. The van der Waals surface area contributed by atoms with Gasteiger partial charge in [-0.05, 0) is 18.2 Å². The molecule has 1 aromatic rings. The molecule has 0 atom stereocenters. The summed E-state index contributed by atoms with van der Waals surface area (Å²) in [7, 11) is -4.40. The second-order valence-electron chi connectivity index (χ2n) is 4.44. The van der Waals surface area contributed by atoms with Crippen LogP contribution in [0.25, 0.3) is 0 Å². The Morgan fingerprint density at radius 1 is 1.26 bits per heavy atom. The molecule has 8 heteroatoms. The summed E-state index contributed by atoms with van der Waals surface area (Å²) in [4.78, 5) is 10.6. The number of hydrogen-bond acceptors (Lipinski definition) is 4. The van der Waals surface area contributed by atoms with Gasteiger partial charge in [-0.15, -0.1) is 0 Å². The Kier molecular flexibility index (Phi) is 3.10. The van der Waals surface area contributed by atoms with E-state index in [1.807, 2.05) is 0 Å². The van der Waals surface area contributed by atoms with Crippen molar-refractivity contribution in [2.75, 3.05) is 0 Å². The molecule has 0 amide bonds. The number of aliphatic hydroxyl groups excluding tert-OH is 1. The first kappa shape index (κ1) is 13.9. The molecular weight excluding hydrogens is 282 g/mol. The van der Waals surface area contributed by atoms with Gasteiger partial charge in [-0.25, -0.2) is 17.2 Å². The molecule has 0 spiro atoms. The maximum atomic E-state index is 13.1. The van der Waals surface area contributed by atoms with Crippen molar-refractivity contribution >= 4 is 15.8 Å². The summed E-state index contributed by atoms with van der Waals surface area (Å²) in [5, 5.41) is 18.2. The predicted octanol–water partition coefficient (Wildman–Crippen LogP) is 0.717. The van der Waals surface area contributed by atoms with Gasteiger partial charge in [-0.3, -0.25) is 4.79 Å². The van der Waals surface area contributed by atoms with Gasteiger partial charge in [0.15, 0.2) is 26.2 Å². The van der Waals surface area contributed by atoms with Crippen LogP contribution < -0.4 is 0 Å². The minimum Gasteiger partial charge on any atom is -0.480 e. The van der Waals surface area contributed by atoms with E-state index in [1.54, 1.807) is 0 Å². The van der Waals surface area contributed by atoms with Crippen molar-refractivity contribution < 1.29 is 32.2 Å². The van der Waals surface area contributed by atoms with Gasteiger partial charge in [-0.1, -0.05) is 0 Å². The molecule has 0 bridgehead atoms. The zero-order valence-electron chi connectivity index (χ0n) is 9.51. The zero-order valence-corrected chi connectivity index (χ0v) is 10.3. The molecule has 104 valence electrons. The van der Waals surface area contributed by atoms with Crippen LogP contribution in [0.1, 0.15) is 12.8 Å². The van der Waals surface area contributed by atoms with E-state index in [-0.39, 0.29) is 0 Å². The molecule has 1 aromatic carbocycles. The predicted molar refractivity (Wildman–Crippen MR) is 59.2 cm³/mol. The summed E-state index contributed by atoms with van der Waals surface area (Å²) in [6, 6.07) is 1.87. The Morgan fingerprint density at radius 3 is 2.26 bits per heavy atom. The summed E-state index contributed by atoms with van der Waals surface area (Å²) in [6.45, 7) is 0. The first-order chi connectivity index (χ1) is 8.70. The van der Waals surface area contributed by atoms with Crippen LogP contribution in [0.3, 0.4) is 0 Å². The van der Waals surface area contributed by atoms with E-state index in [1.165, 1.54) is 0 Å². The van der Waals surface area contributed by atoms with Crippen LogP contribution in [0, 0.1) is 11.6 Å². The number of aliphatic carboxylic acids is 1. The molecule has 1 aliphatic carbocycles. The van der Waals surface area contributed by atoms with Crippen LogP contribution >= 0.6 is 0 Å². The van der Waals surface area contributed by atoms with E-state index < -0.39 is 56.0 Å². The quantitative estimate of drug-likeness (QED) is 0.801. The number of hydrogen-bond donors (Lipinski definition) is 2. The van der Waals surface area contributed by atoms with Crippen molar-refractivity contribution in [2.45, 2.75) is 28.6 Å². The van der Waals surface area contributed by atoms with Gasteiger partial charge in [0.05, 0.1) is 11.0 Å². The fourth-order valence-corrected chi connectivity index (χ4v) is 4.09. The fourth-order valence-electron chi connectivity index (χ4n) is 2.08. The summed E-state index contributed by atoms with van der Waals surface area (Å²) < 4.78 is 48.1. The molecule has 0 aromatic heterocycles. The summed E-state index contributed by atoms with van der Waals surface area (Å²) in [6.07, 6.45) is -1.97. The Bertz CT molecular complexity index is 634. The minimum atomic E-state index is -4.40. The van der Waals surface area contributed by atoms with Crippen molar-refractivity contribution in [1.82, 2.24) is 0 Å². The number of aliphatic hydroxyl groups is 1. The highest BCUT2D eigenvalue weighted by Gasteiger charge is 2.60. The Morgan fingerprint density at radius 2 is 1.84 bits per heavy atom. The van der Waals surface area contributed by atoms with Gasteiger partial charge in [0, 0.05) is 12.8 Å². The second kappa shape index (κ2) is 4.24. The normalized spacial score (nSPS) is 26.8. The van der Waals surface area contributed by atoms with Gasteiger partial charge >= 0.3 is 5.97 Å². The highest BCUT2D eigenvalue weighted by Crippen LogP contribution is 2.43. The summed E-state index contributed by atoms with van der Waals surface area (Å²) in [5.41, 5.74) is 0. The van der Waals surface area contributed by atoms with Crippen molar-refractivity contribution in [1.29, 1.82) is 0 Å². The van der Waals surface area contributed by atoms with Crippen LogP contribution in [0.2, 0.25) is 0 Å². The molecule has 1 saturated carbocycles. The fraction of sp³-hybridized carbons (Fsp3) is 0.364. The Labute approximate surface area is 107 Å². The first-order valence-electron chi connectivity index (χ1n) is 5.32. The van der Waals surface area contributed by atoms with E-state index in [2.05, 4.69) is 0 Å². The Balaban J connectivity index is 2.53. The lowest BCUT2D eigenvalue weighted by molar-refractivity contribution is -0.146. The molecule has 0 saturated heterocycles. The maximum absolute atomic E-state index is 13.1. The van der Waals surface area contributed by atoms with Crippen molar-refractivity contribution in [2.24, 2.45) is 0 Å². The molecule has 19 heavy (non-hydrogen) atoms. The van der Waals surface area contributed by atoms with Crippen molar-refractivity contribution in [3.05, 3.63) is 29.8 Å². The number of benzene rings is 1. The highest BCUT2D eigenvalue weighted by atomic mass is 32.2. The van der Waals surface area contributed by atoms with Crippen LogP contribution in [-0.2, 0) is 14.6 Å². The number of rotatable bonds is 3. The van der Waals surface area contributed by atoms with E-state index in [0.29, 0.717) is 12.1 Å². The zero-order chi connectivity index (χ0) is 14.4. The molecular formula is C11H10F2O5S. The molecule has 0 radical (unpaired) electrons. The standard InChI is InChI=1S/C11H10F2O5S/c12-8-2-1-7(3-9(8)13)19(17,18)11(10(15)16)4-6(14)5-11/h1-3,6,14H,4-5H2,(H,15,16). The monoisotopic (exact) mass is 292 g/mol. The topological polar surface area (TPSA) is 91.7 Å². The number of halogens is 2. The third-order valence-electron chi connectivity index (χ3n) is 3.24.